The van der Waals surface area contributed by atoms with Gasteiger partial charge in [-0.05, 0) is 43.5 Å². The maximum Gasteiger partial charge on any atom is 0.140 e. The highest BCUT2D eigenvalue weighted by molar-refractivity contribution is 7.80. The number of hydrogen-bond acceptors (Lipinski definition) is 3. The van der Waals surface area contributed by atoms with Crippen molar-refractivity contribution in [3.63, 3.8) is 0 Å². The number of hydrogen-bond donors (Lipinski definition) is 2. The molecule has 1 aromatic heterocycles. The van der Waals surface area contributed by atoms with E-state index in [2.05, 4.69) is 36.3 Å². The molecule has 3 nitrogen and oxygen atoms in total. The predicted molar refractivity (Wildman–Crippen MR) is 84.1 cm³/mol. The average molecular weight is 271 g/mol. The summed E-state index contributed by atoms with van der Waals surface area (Å²) in [4.78, 5) is 4.72. The molecule has 98 valence electrons. The van der Waals surface area contributed by atoms with Crippen LogP contribution in [0, 0.1) is 20.8 Å². The van der Waals surface area contributed by atoms with Gasteiger partial charge in [0.2, 0.25) is 0 Å². The molecule has 1 aromatic carbocycles. The third-order valence-electron chi connectivity index (χ3n) is 3.13. The lowest BCUT2D eigenvalue weighted by molar-refractivity contribution is 1.24. The molecule has 0 aliphatic rings. The number of nitrogens with two attached hydrogens (primary N) is 1. The number of rotatable bonds is 3. The lowest BCUT2D eigenvalue weighted by Gasteiger charge is -2.15. The smallest absolute Gasteiger partial charge is 0.140 e. The summed E-state index contributed by atoms with van der Waals surface area (Å²) < 4.78 is 0. The fourth-order valence-corrected chi connectivity index (χ4v) is 2.35. The number of aryl methyl sites for hydroxylation is 3. The largest absolute Gasteiger partial charge is 0.389 e. The fraction of sp³-hybridized carbons (Fsp3) is 0.200. The second-order valence-corrected chi connectivity index (χ2v) is 5.05. The molecule has 0 atom stereocenters. The van der Waals surface area contributed by atoms with Gasteiger partial charge < -0.3 is 11.1 Å². The molecular weight excluding hydrogens is 254 g/mol. The Morgan fingerprint density at radius 2 is 1.74 bits per heavy atom. The van der Waals surface area contributed by atoms with Gasteiger partial charge in [0.25, 0.3) is 0 Å². The molecule has 2 aromatic rings. The molecule has 2 rings (SSSR count). The molecule has 0 spiro atoms. The number of benzene rings is 1. The van der Waals surface area contributed by atoms with Crippen molar-refractivity contribution in [1.82, 2.24) is 4.98 Å². The van der Waals surface area contributed by atoms with E-state index in [0.717, 1.165) is 27.9 Å². The van der Waals surface area contributed by atoms with Crippen molar-refractivity contribution >= 4 is 28.7 Å². The minimum absolute atomic E-state index is 0.360. The molecule has 4 heteroatoms. The maximum absolute atomic E-state index is 5.80. The molecule has 0 unspecified atom stereocenters. The molecule has 0 radical (unpaired) electrons. The first-order valence-corrected chi connectivity index (χ1v) is 6.50. The number of pyridine rings is 1. The predicted octanol–water partition coefficient (Wildman–Crippen LogP) is 3.38. The highest BCUT2D eigenvalue weighted by atomic mass is 32.1. The van der Waals surface area contributed by atoms with Crippen LogP contribution in [0.25, 0.3) is 0 Å². The van der Waals surface area contributed by atoms with Crippen LogP contribution in [0.2, 0.25) is 0 Å². The molecule has 1 heterocycles. The Labute approximate surface area is 118 Å². The molecular formula is C15H17N3S. The van der Waals surface area contributed by atoms with Crippen LogP contribution in [0.3, 0.4) is 0 Å². The van der Waals surface area contributed by atoms with Crippen molar-refractivity contribution in [2.24, 2.45) is 5.73 Å². The van der Waals surface area contributed by atoms with Gasteiger partial charge in [-0.25, -0.2) is 4.98 Å². The molecule has 0 amide bonds. The van der Waals surface area contributed by atoms with E-state index >= 15 is 0 Å². The summed E-state index contributed by atoms with van der Waals surface area (Å²) in [7, 11) is 0. The van der Waals surface area contributed by atoms with Crippen molar-refractivity contribution < 1.29 is 0 Å². The van der Waals surface area contributed by atoms with Gasteiger partial charge in [-0.3, -0.25) is 0 Å². The van der Waals surface area contributed by atoms with E-state index in [0.29, 0.717) is 10.8 Å². The zero-order valence-corrected chi connectivity index (χ0v) is 12.1. The topological polar surface area (TPSA) is 50.9 Å². The maximum atomic E-state index is 5.80. The van der Waals surface area contributed by atoms with E-state index in [1.807, 2.05) is 19.1 Å². The van der Waals surface area contributed by atoms with Crippen molar-refractivity contribution in [1.29, 1.82) is 0 Å². The van der Waals surface area contributed by atoms with Crippen LogP contribution >= 0.6 is 12.2 Å². The Morgan fingerprint density at radius 3 is 2.32 bits per heavy atom. The van der Waals surface area contributed by atoms with Gasteiger partial charge in [-0.1, -0.05) is 30.4 Å². The monoisotopic (exact) mass is 271 g/mol. The van der Waals surface area contributed by atoms with Crippen molar-refractivity contribution in [3.05, 3.63) is 52.7 Å². The Morgan fingerprint density at radius 1 is 1.11 bits per heavy atom. The molecule has 0 bridgehead atoms. The van der Waals surface area contributed by atoms with Gasteiger partial charge in [0.15, 0.2) is 0 Å². The number of nitrogens with one attached hydrogen (secondary N) is 1. The SMILES string of the molecule is Cc1cccc(C)c1Nc1nccc(C)c1C(N)=S. The van der Waals surface area contributed by atoms with E-state index < -0.39 is 0 Å². The van der Waals surface area contributed by atoms with Gasteiger partial charge in [0, 0.05) is 11.9 Å². The van der Waals surface area contributed by atoms with Crippen molar-refractivity contribution in [2.75, 3.05) is 5.32 Å². The number of para-hydroxylation sites is 1. The molecule has 0 aliphatic heterocycles. The second-order valence-electron chi connectivity index (χ2n) is 4.61. The fourth-order valence-electron chi connectivity index (χ4n) is 2.09. The normalized spacial score (nSPS) is 10.3. The molecule has 0 saturated carbocycles. The van der Waals surface area contributed by atoms with Crippen LogP contribution in [0.15, 0.2) is 30.5 Å². The zero-order valence-electron chi connectivity index (χ0n) is 11.3. The van der Waals surface area contributed by atoms with Crippen LogP contribution in [0.1, 0.15) is 22.3 Å². The molecule has 0 fully saturated rings. The summed E-state index contributed by atoms with van der Waals surface area (Å²) >= 11 is 5.12. The number of thiocarbonyl (C=S) groups is 1. The van der Waals surface area contributed by atoms with Crippen LogP contribution < -0.4 is 11.1 Å². The number of aromatic nitrogens is 1. The van der Waals surface area contributed by atoms with Gasteiger partial charge in [0.05, 0.1) is 5.56 Å². The zero-order chi connectivity index (χ0) is 14.0. The summed E-state index contributed by atoms with van der Waals surface area (Å²) in [5.74, 6) is 0.713. The van der Waals surface area contributed by atoms with Crippen LogP contribution in [0.4, 0.5) is 11.5 Å². The lowest BCUT2D eigenvalue weighted by atomic mass is 10.1. The third kappa shape index (κ3) is 2.74. The van der Waals surface area contributed by atoms with E-state index in [1.165, 1.54) is 0 Å². The average Bonchev–Trinajstić information content (AvgIpc) is 2.33. The Bertz CT molecular complexity index is 615. The van der Waals surface area contributed by atoms with Gasteiger partial charge in [-0.2, -0.15) is 0 Å². The quantitative estimate of drug-likeness (QED) is 0.840. The van der Waals surface area contributed by atoms with E-state index in [-0.39, 0.29) is 0 Å². The molecule has 3 N–H and O–H groups in total. The van der Waals surface area contributed by atoms with Gasteiger partial charge in [-0.15, -0.1) is 0 Å². The van der Waals surface area contributed by atoms with E-state index in [1.54, 1.807) is 6.20 Å². The first-order valence-electron chi connectivity index (χ1n) is 6.09. The van der Waals surface area contributed by atoms with Gasteiger partial charge in [0.1, 0.15) is 10.8 Å². The third-order valence-corrected chi connectivity index (χ3v) is 3.33. The van der Waals surface area contributed by atoms with E-state index in [4.69, 9.17) is 18.0 Å². The van der Waals surface area contributed by atoms with Crippen LogP contribution in [-0.4, -0.2) is 9.97 Å². The van der Waals surface area contributed by atoms with Crippen molar-refractivity contribution in [3.8, 4) is 0 Å². The Hall–Kier alpha value is -1.94. The molecule has 0 aliphatic carbocycles. The van der Waals surface area contributed by atoms with Gasteiger partial charge >= 0.3 is 0 Å². The summed E-state index contributed by atoms with van der Waals surface area (Å²) in [6.07, 6.45) is 1.76. The minimum Gasteiger partial charge on any atom is -0.389 e. The Kier molecular flexibility index (Phi) is 3.81. The number of nitrogens with zero attached hydrogens (tertiary/aromatic N) is 1. The highest BCUT2D eigenvalue weighted by Gasteiger charge is 2.11. The van der Waals surface area contributed by atoms with Crippen LogP contribution in [0.5, 0.6) is 0 Å². The second kappa shape index (κ2) is 5.36. The molecule has 0 saturated heterocycles. The lowest BCUT2D eigenvalue weighted by Crippen LogP contribution is -2.15. The Balaban J connectivity index is 2.50. The first kappa shape index (κ1) is 13.5. The highest BCUT2D eigenvalue weighted by Crippen LogP contribution is 2.26. The van der Waals surface area contributed by atoms with E-state index in [9.17, 15) is 0 Å². The van der Waals surface area contributed by atoms with Crippen molar-refractivity contribution in [2.45, 2.75) is 20.8 Å². The molecule has 19 heavy (non-hydrogen) atoms. The standard InChI is InChI=1S/C15H17N3S/c1-9-7-8-17-15(12(9)14(16)19)18-13-10(2)5-4-6-11(13)3/h4-8H,1-3H3,(H2,16,19)(H,17,18). The first-order chi connectivity index (χ1) is 9.00. The summed E-state index contributed by atoms with van der Waals surface area (Å²) in [6.45, 7) is 6.10. The minimum atomic E-state index is 0.360. The summed E-state index contributed by atoms with van der Waals surface area (Å²) in [5, 5.41) is 3.35. The summed E-state index contributed by atoms with van der Waals surface area (Å²) in [5.41, 5.74) is 11.0. The van der Waals surface area contributed by atoms with Crippen LogP contribution in [-0.2, 0) is 0 Å². The summed E-state index contributed by atoms with van der Waals surface area (Å²) in [6, 6.07) is 8.06. The number of anilines is 2.